The average Bonchev–Trinajstić information content (AvgIpc) is 3.29. The summed E-state index contributed by atoms with van der Waals surface area (Å²) < 4.78 is 29.6. The maximum Gasteiger partial charge on any atom is 0.270 e. The van der Waals surface area contributed by atoms with Crippen LogP contribution in [0.25, 0.3) is 10.9 Å². The number of nitro groups is 1. The number of nitrogens with zero attached hydrogens (tertiary/aromatic N) is 2. The van der Waals surface area contributed by atoms with Crippen LogP contribution < -0.4 is 5.32 Å². The average molecular weight is 526 g/mol. The second kappa shape index (κ2) is 11.3. The van der Waals surface area contributed by atoms with Gasteiger partial charge in [0.1, 0.15) is 11.6 Å². The molecule has 0 aliphatic heterocycles. The number of halogens is 2. The van der Waals surface area contributed by atoms with Crippen molar-refractivity contribution in [3.63, 3.8) is 0 Å². The van der Waals surface area contributed by atoms with E-state index >= 15 is 0 Å². The lowest BCUT2D eigenvalue weighted by Crippen LogP contribution is -2.25. The van der Waals surface area contributed by atoms with Gasteiger partial charge < -0.3 is 9.88 Å². The monoisotopic (exact) mass is 525 g/mol. The molecular weight excluding hydrogens is 500 g/mol. The van der Waals surface area contributed by atoms with Gasteiger partial charge in [-0.1, -0.05) is 54.6 Å². The van der Waals surface area contributed by atoms with Crippen molar-refractivity contribution in [2.45, 2.75) is 25.4 Å². The quantitative estimate of drug-likeness (QED) is 0.172. The summed E-state index contributed by atoms with van der Waals surface area (Å²) in [6.45, 7) is 0.720. The van der Waals surface area contributed by atoms with Crippen molar-refractivity contribution < 1.29 is 18.5 Å². The summed E-state index contributed by atoms with van der Waals surface area (Å²) in [4.78, 5) is 24.3. The normalized spacial score (nSPS) is 11.8. The molecule has 6 nitrogen and oxygen atoms in total. The van der Waals surface area contributed by atoms with Gasteiger partial charge in [-0.15, -0.1) is 0 Å². The topological polar surface area (TPSA) is 77.2 Å². The smallest absolute Gasteiger partial charge is 0.270 e. The van der Waals surface area contributed by atoms with E-state index in [0.717, 1.165) is 16.6 Å². The van der Waals surface area contributed by atoms with E-state index < -0.39 is 16.7 Å². The van der Waals surface area contributed by atoms with Crippen LogP contribution in [0.1, 0.15) is 34.6 Å². The molecule has 1 N–H and O–H groups in total. The highest BCUT2D eigenvalue weighted by atomic mass is 19.1. The van der Waals surface area contributed by atoms with Crippen molar-refractivity contribution in [2.24, 2.45) is 0 Å². The molecule has 0 aliphatic rings. The van der Waals surface area contributed by atoms with Crippen molar-refractivity contribution in [2.75, 3.05) is 0 Å². The first kappa shape index (κ1) is 25.8. The van der Waals surface area contributed by atoms with E-state index in [9.17, 15) is 23.7 Å². The number of fused-ring (bicyclic) bond motifs is 1. The minimum Gasteiger partial charge on any atom is -0.352 e. The molecule has 0 radical (unpaired) electrons. The number of amides is 1. The highest BCUT2D eigenvalue weighted by Gasteiger charge is 2.25. The standard InChI is InChI=1S/C31H25F2N3O3/c32-24-11-9-21(10-12-24)18-34-31(37)17-27(23-7-4-8-25(33)15-23)29-20-35(19-22-5-2-1-3-6-22)30-14-13-26(36(38)39)16-28(29)30/h1-16,20,27H,17-19H2,(H,34,37)/t27-/m1/s1. The van der Waals surface area contributed by atoms with Gasteiger partial charge in [0.15, 0.2) is 0 Å². The van der Waals surface area contributed by atoms with E-state index in [-0.39, 0.29) is 30.4 Å². The van der Waals surface area contributed by atoms with Gasteiger partial charge in [-0.25, -0.2) is 8.78 Å². The maximum absolute atomic E-state index is 14.3. The van der Waals surface area contributed by atoms with E-state index in [0.29, 0.717) is 23.1 Å². The Hall–Kier alpha value is -4.85. The number of benzene rings is 4. The predicted octanol–water partition coefficient (Wildman–Crippen LogP) is 6.71. The largest absolute Gasteiger partial charge is 0.352 e. The van der Waals surface area contributed by atoms with Crippen molar-refractivity contribution in [3.05, 3.63) is 147 Å². The van der Waals surface area contributed by atoms with E-state index in [1.807, 2.05) is 41.1 Å². The summed E-state index contributed by atoms with van der Waals surface area (Å²) in [7, 11) is 0. The molecule has 0 saturated carbocycles. The number of hydrogen-bond donors (Lipinski definition) is 1. The summed E-state index contributed by atoms with van der Waals surface area (Å²) in [5, 5.41) is 15.1. The SMILES string of the molecule is O=C(C[C@H](c1cccc(F)c1)c1cn(Cc2ccccc2)c2ccc([N+](=O)[O-])cc12)NCc1ccc(F)cc1. The number of hydrogen-bond acceptors (Lipinski definition) is 3. The van der Waals surface area contributed by atoms with Gasteiger partial charge in [-0.2, -0.15) is 0 Å². The molecule has 39 heavy (non-hydrogen) atoms. The molecule has 0 aliphatic carbocycles. The Morgan fingerprint density at radius 3 is 2.36 bits per heavy atom. The highest BCUT2D eigenvalue weighted by Crippen LogP contribution is 2.37. The van der Waals surface area contributed by atoms with Crippen LogP contribution in [0, 0.1) is 21.7 Å². The number of rotatable bonds is 9. The van der Waals surface area contributed by atoms with Crippen LogP contribution in [0.5, 0.6) is 0 Å². The van der Waals surface area contributed by atoms with Gasteiger partial charge in [-0.3, -0.25) is 14.9 Å². The number of non-ortho nitro benzene ring substituents is 1. The van der Waals surface area contributed by atoms with Gasteiger partial charge in [0.2, 0.25) is 5.91 Å². The molecule has 0 spiro atoms. The molecule has 1 aromatic heterocycles. The number of aromatic nitrogens is 1. The van der Waals surface area contributed by atoms with Crippen molar-refractivity contribution in [3.8, 4) is 0 Å². The Bertz CT molecular complexity index is 1630. The molecule has 1 atom stereocenters. The Morgan fingerprint density at radius 1 is 0.872 bits per heavy atom. The molecule has 4 aromatic carbocycles. The molecule has 0 saturated heterocycles. The van der Waals surface area contributed by atoms with Gasteiger partial charge in [-0.05, 0) is 52.6 Å². The first-order chi connectivity index (χ1) is 18.9. The van der Waals surface area contributed by atoms with Crippen LogP contribution >= 0.6 is 0 Å². The molecule has 8 heteroatoms. The zero-order valence-corrected chi connectivity index (χ0v) is 20.9. The van der Waals surface area contributed by atoms with Crippen LogP contribution in [0.15, 0.2) is 103 Å². The molecule has 5 aromatic rings. The van der Waals surface area contributed by atoms with E-state index in [4.69, 9.17) is 0 Å². The van der Waals surface area contributed by atoms with Crippen LogP contribution in [0.2, 0.25) is 0 Å². The number of nitrogens with one attached hydrogen (secondary N) is 1. The molecule has 196 valence electrons. The lowest BCUT2D eigenvalue weighted by molar-refractivity contribution is -0.384. The zero-order chi connectivity index (χ0) is 27.4. The molecule has 5 rings (SSSR count). The summed E-state index contributed by atoms with van der Waals surface area (Å²) in [5.41, 5.74) is 3.75. The zero-order valence-electron chi connectivity index (χ0n) is 20.9. The highest BCUT2D eigenvalue weighted by molar-refractivity contribution is 5.88. The Morgan fingerprint density at radius 2 is 1.64 bits per heavy atom. The second-order valence-corrected chi connectivity index (χ2v) is 9.37. The van der Waals surface area contributed by atoms with Crippen LogP contribution in [0.3, 0.4) is 0 Å². The molecule has 1 heterocycles. The van der Waals surface area contributed by atoms with Crippen molar-refractivity contribution >= 4 is 22.5 Å². The fourth-order valence-corrected chi connectivity index (χ4v) is 4.81. The third-order valence-electron chi connectivity index (χ3n) is 6.72. The third kappa shape index (κ3) is 6.01. The second-order valence-electron chi connectivity index (χ2n) is 9.37. The van der Waals surface area contributed by atoms with E-state index in [1.54, 1.807) is 30.3 Å². The number of carbonyl (C=O) groups is 1. The number of nitro benzene ring substituents is 1. The lowest BCUT2D eigenvalue weighted by Gasteiger charge is -2.17. The van der Waals surface area contributed by atoms with Crippen molar-refractivity contribution in [1.29, 1.82) is 0 Å². The predicted molar refractivity (Wildman–Crippen MR) is 145 cm³/mol. The van der Waals surface area contributed by atoms with Gasteiger partial charge in [0.25, 0.3) is 5.69 Å². The summed E-state index contributed by atoms with van der Waals surface area (Å²) >= 11 is 0. The van der Waals surface area contributed by atoms with Crippen LogP contribution in [-0.4, -0.2) is 15.4 Å². The Labute approximate surface area is 223 Å². The summed E-state index contributed by atoms with van der Waals surface area (Å²) in [5.74, 6) is -1.67. The first-order valence-electron chi connectivity index (χ1n) is 12.4. The molecule has 0 fully saturated rings. The minimum atomic E-state index is -0.574. The fraction of sp³-hybridized carbons (Fsp3) is 0.129. The van der Waals surface area contributed by atoms with Crippen molar-refractivity contribution in [1.82, 2.24) is 9.88 Å². The minimum absolute atomic E-state index is 0.0161. The first-order valence-corrected chi connectivity index (χ1v) is 12.4. The fourth-order valence-electron chi connectivity index (χ4n) is 4.81. The maximum atomic E-state index is 14.3. The summed E-state index contributed by atoms with van der Waals surface area (Å²) in [6, 6.07) is 26.3. The Balaban J connectivity index is 1.55. The van der Waals surface area contributed by atoms with Gasteiger partial charge in [0, 0.05) is 54.7 Å². The lowest BCUT2D eigenvalue weighted by atomic mass is 9.87. The summed E-state index contributed by atoms with van der Waals surface area (Å²) in [6.07, 6.45) is 1.88. The number of carbonyl (C=O) groups excluding carboxylic acids is 1. The van der Waals surface area contributed by atoms with E-state index in [2.05, 4.69) is 5.32 Å². The van der Waals surface area contributed by atoms with E-state index in [1.165, 1.54) is 36.4 Å². The third-order valence-corrected chi connectivity index (χ3v) is 6.72. The van der Waals surface area contributed by atoms with Gasteiger partial charge >= 0.3 is 0 Å². The Kier molecular flexibility index (Phi) is 7.45. The molecule has 0 bridgehead atoms. The van der Waals surface area contributed by atoms with Crippen LogP contribution in [-0.2, 0) is 17.9 Å². The molecular formula is C31H25F2N3O3. The van der Waals surface area contributed by atoms with Gasteiger partial charge in [0.05, 0.1) is 4.92 Å². The molecule has 0 unspecified atom stereocenters. The molecule has 1 amide bonds. The van der Waals surface area contributed by atoms with Crippen LogP contribution in [0.4, 0.5) is 14.5 Å².